The molecule has 2 aromatic rings. The lowest BCUT2D eigenvalue weighted by Crippen LogP contribution is -2.19. The van der Waals surface area contributed by atoms with Crippen molar-refractivity contribution in [1.82, 2.24) is 10.3 Å². The van der Waals surface area contributed by atoms with Gasteiger partial charge in [-0.15, -0.1) is 11.6 Å². The van der Waals surface area contributed by atoms with E-state index >= 15 is 0 Å². The Hall–Kier alpha value is -0.990. The van der Waals surface area contributed by atoms with E-state index in [4.69, 9.17) is 11.6 Å². The molecule has 0 fully saturated rings. The summed E-state index contributed by atoms with van der Waals surface area (Å²) in [5.74, 6) is 0.492. The zero-order valence-electron chi connectivity index (χ0n) is 9.26. The molecule has 3 rings (SSSR count). The van der Waals surface area contributed by atoms with E-state index in [0.29, 0.717) is 5.92 Å². The summed E-state index contributed by atoms with van der Waals surface area (Å²) < 4.78 is 0. The summed E-state index contributed by atoms with van der Waals surface area (Å²) in [6.45, 7) is 4.07. The van der Waals surface area contributed by atoms with Gasteiger partial charge < -0.3 is 10.3 Å². The number of halogens is 1. The Bertz CT molecular complexity index is 518. The maximum Gasteiger partial charge on any atom is 0.0733 e. The van der Waals surface area contributed by atoms with Gasteiger partial charge in [0.15, 0.2) is 0 Å². The Labute approximate surface area is 100.0 Å². The van der Waals surface area contributed by atoms with E-state index in [-0.39, 0.29) is 5.38 Å². The number of aromatic amines is 1. The van der Waals surface area contributed by atoms with Gasteiger partial charge in [-0.1, -0.05) is 25.1 Å². The minimum Gasteiger partial charge on any atom is -0.358 e. The lowest BCUT2D eigenvalue weighted by molar-refractivity contribution is 0.633. The van der Waals surface area contributed by atoms with Crippen LogP contribution in [0.25, 0.3) is 10.9 Å². The fourth-order valence-corrected chi connectivity index (χ4v) is 2.89. The van der Waals surface area contributed by atoms with Crippen LogP contribution in [0.15, 0.2) is 24.3 Å². The average molecular weight is 235 g/mol. The van der Waals surface area contributed by atoms with Crippen LogP contribution in [-0.2, 0) is 0 Å². The molecular formula is C13H15ClN2. The lowest BCUT2D eigenvalue weighted by Gasteiger charge is -2.08. The molecule has 2 unspecified atom stereocenters. The van der Waals surface area contributed by atoms with Gasteiger partial charge in [0, 0.05) is 41.2 Å². The highest BCUT2D eigenvalue weighted by Crippen LogP contribution is 2.36. The minimum atomic E-state index is 0.0658. The predicted octanol–water partition coefficient (Wildman–Crippen LogP) is 3.15. The Balaban J connectivity index is 2.29. The maximum absolute atomic E-state index is 6.45. The first kappa shape index (κ1) is 10.2. The summed E-state index contributed by atoms with van der Waals surface area (Å²) in [5.41, 5.74) is 3.79. The topological polar surface area (TPSA) is 27.8 Å². The molecule has 1 aromatic heterocycles. The molecule has 1 aliphatic rings. The summed E-state index contributed by atoms with van der Waals surface area (Å²) >= 11 is 6.45. The van der Waals surface area contributed by atoms with E-state index < -0.39 is 0 Å². The highest BCUT2D eigenvalue weighted by atomic mass is 35.5. The Morgan fingerprint density at radius 2 is 2.06 bits per heavy atom. The van der Waals surface area contributed by atoms with Crippen molar-refractivity contribution in [3.63, 3.8) is 0 Å². The summed E-state index contributed by atoms with van der Waals surface area (Å²) in [7, 11) is 0. The van der Waals surface area contributed by atoms with Gasteiger partial charge in [0.25, 0.3) is 0 Å². The van der Waals surface area contributed by atoms with Crippen LogP contribution < -0.4 is 5.32 Å². The quantitative estimate of drug-likeness (QED) is 0.674. The van der Waals surface area contributed by atoms with E-state index in [9.17, 15) is 0 Å². The van der Waals surface area contributed by atoms with Crippen LogP contribution in [0.4, 0.5) is 0 Å². The van der Waals surface area contributed by atoms with Crippen LogP contribution in [0.5, 0.6) is 0 Å². The van der Waals surface area contributed by atoms with E-state index in [2.05, 4.69) is 41.5 Å². The summed E-state index contributed by atoms with van der Waals surface area (Å²) in [6, 6.07) is 8.40. The van der Waals surface area contributed by atoms with Gasteiger partial charge in [0.05, 0.1) is 5.38 Å². The van der Waals surface area contributed by atoms with Crippen molar-refractivity contribution in [1.29, 1.82) is 0 Å². The van der Waals surface area contributed by atoms with Crippen LogP contribution in [0.2, 0.25) is 0 Å². The molecule has 2 nitrogen and oxygen atoms in total. The Morgan fingerprint density at radius 3 is 2.94 bits per heavy atom. The van der Waals surface area contributed by atoms with Gasteiger partial charge >= 0.3 is 0 Å². The number of aromatic nitrogens is 1. The maximum atomic E-state index is 6.45. The first-order valence-electron chi connectivity index (χ1n) is 5.72. The number of nitrogens with one attached hydrogen (secondary N) is 2. The SMILES string of the molecule is CC1CNCC(Cl)c2c1[nH]c1ccccc21. The molecule has 2 atom stereocenters. The molecule has 0 spiro atoms. The Morgan fingerprint density at radius 1 is 1.25 bits per heavy atom. The average Bonchev–Trinajstić information content (AvgIpc) is 2.61. The molecule has 0 bridgehead atoms. The molecule has 84 valence electrons. The molecule has 1 aliphatic heterocycles. The van der Waals surface area contributed by atoms with Crippen molar-refractivity contribution in [3.05, 3.63) is 35.5 Å². The van der Waals surface area contributed by atoms with E-state index in [0.717, 1.165) is 13.1 Å². The zero-order valence-corrected chi connectivity index (χ0v) is 10.0. The second-order valence-electron chi connectivity index (χ2n) is 4.52. The monoisotopic (exact) mass is 234 g/mol. The number of H-pyrrole nitrogens is 1. The van der Waals surface area contributed by atoms with Gasteiger partial charge in [-0.2, -0.15) is 0 Å². The molecule has 2 N–H and O–H groups in total. The second kappa shape index (κ2) is 3.79. The van der Waals surface area contributed by atoms with Gasteiger partial charge in [0.1, 0.15) is 0 Å². The third kappa shape index (κ3) is 1.45. The molecule has 16 heavy (non-hydrogen) atoms. The van der Waals surface area contributed by atoms with E-state index in [1.165, 1.54) is 22.2 Å². The Kier molecular flexibility index (Phi) is 2.41. The van der Waals surface area contributed by atoms with Crippen LogP contribution >= 0.6 is 11.6 Å². The number of benzene rings is 1. The number of para-hydroxylation sites is 1. The van der Waals surface area contributed by atoms with Crippen molar-refractivity contribution in [3.8, 4) is 0 Å². The number of hydrogen-bond acceptors (Lipinski definition) is 1. The van der Waals surface area contributed by atoms with Crippen molar-refractivity contribution < 1.29 is 0 Å². The van der Waals surface area contributed by atoms with Gasteiger partial charge in [-0.25, -0.2) is 0 Å². The van der Waals surface area contributed by atoms with Crippen molar-refractivity contribution in [2.24, 2.45) is 0 Å². The fraction of sp³-hybridized carbons (Fsp3) is 0.385. The largest absolute Gasteiger partial charge is 0.358 e. The summed E-state index contributed by atoms with van der Waals surface area (Å²) in [5, 5.41) is 4.73. The van der Waals surface area contributed by atoms with Crippen molar-refractivity contribution in [2.75, 3.05) is 13.1 Å². The van der Waals surface area contributed by atoms with Crippen LogP contribution in [0.1, 0.15) is 29.5 Å². The summed E-state index contributed by atoms with van der Waals surface area (Å²) in [4.78, 5) is 3.51. The molecule has 0 aliphatic carbocycles. The molecule has 0 radical (unpaired) electrons. The molecular weight excluding hydrogens is 220 g/mol. The predicted molar refractivity (Wildman–Crippen MR) is 68.2 cm³/mol. The zero-order chi connectivity index (χ0) is 11.1. The fourth-order valence-electron chi connectivity index (χ4n) is 2.54. The van der Waals surface area contributed by atoms with Gasteiger partial charge in [-0.3, -0.25) is 0 Å². The molecule has 1 aromatic carbocycles. The number of hydrogen-bond donors (Lipinski definition) is 2. The second-order valence-corrected chi connectivity index (χ2v) is 5.05. The van der Waals surface area contributed by atoms with Crippen molar-refractivity contribution >= 4 is 22.5 Å². The van der Waals surface area contributed by atoms with E-state index in [1.807, 2.05) is 0 Å². The van der Waals surface area contributed by atoms with Gasteiger partial charge in [0.2, 0.25) is 0 Å². The standard InChI is InChI=1S/C13H15ClN2/c1-8-6-15-7-10(14)12-9-4-2-3-5-11(9)16-13(8)12/h2-5,8,10,15-16H,6-7H2,1H3. The first-order chi connectivity index (χ1) is 7.77. The summed E-state index contributed by atoms with van der Waals surface area (Å²) in [6.07, 6.45) is 0. The van der Waals surface area contributed by atoms with Crippen molar-refractivity contribution in [2.45, 2.75) is 18.2 Å². The number of fused-ring (bicyclic) bond motifs is 3. The van der Waals surface area contributed by atoms with E-state index in [1.54, 1.807) is 0 Å². The third-order valence-corrected chi connectivity index (χ3v) is 3.73. The smallest absolute Gasteiger partial charge is 0.0733 e. The molecule has 0 saturated carbocycles. The highest BCUT2D eigenvalue weighted by molar-refractivity contribution is 6.22. The van der Waals surface area contributed by atoms with Crippen LogP contribution in [-0.4, -0.2) is 18.1 Å². The minimum absolute atomic E-state index is 0.0658. The van der Waals surface area contributed by atoms with Crippen LogP contribution in [0, 0.1) is 0 Å². The van der Waals surface area contributed by atoms with Gasteiger partial charge in [-0.05, 0) is 6.07 Å². The molecule has 3 heteroatoms. The van der Waals surface area contributed by atoms with Crippen LogP contribution in [0.3, 0.4) is 0 Å². The third-order valence-electron chi connectivity index (χ3n) is 3.36. The normalized spacial score (nSPS) is 25.4. The highest BCUT2D eigenvalue weighted by Gasteiger charge is 2.24. The molecule has 2 heterocycles. The molecule has 0 amide bonds. The lowest BCUT2D eigenvalue weighted by atomic mass is 10.0. The number of rotatable bonds is 0. The first-order valence-corrected chi connectivity index (χ1v) is 6.16. The molecule has 0 saturated heterocycles. The number of alkyl halides is 1.